The molecule has 3 aromatic rings. The van der Waals surface area contributed by atoms with Crippen LogP contribution in [0.25, 0.3) is 22.3 Å². The molecule has 0 radical (unpaired) electrons. The van der Waals surface area contributed by atoms with Crippen LogP contribution in [0.1, 0.15) is 24.3 Å². The molecule has 5 heteroatoms. The van der Waals surface area contributed by atoms with E-state index in [0.29, 0.717) is 23.3 Å². The van der Waals surface area contributed by atoms with Crippen molar-refractivity contribution in [1.82, 2.24) is 0 Å². The third kappa shape index (κ3) is 3.85. The van der Waals surface area contributed by atoms with Gasteiger partial charge in [-0.05, 0) is 47.7 Å². The average molecular weight is 410 g/mol. The van der Waals surface area contributed by atoms with Crippen molar-refractivity contribution in [3.8, 4) is 28.0 Å². The van der Waals surface area contributed by atoms with Crippen LogP contribution in [0.5, 0.6) is 5.75 Å². The Kier molecular flexibility index (Phi) is 5.64. The van der Waals surface area contributed by atoms with Crippen LogP contribution in [-0.4, -0.2) is 17.8 Å². The van der Waals surface area contributed by atoms with Crippen molar-refractivity contribution in [2.75, 3.05) is 6.61 Å². The molecule has 0 aromatic heterocycles. The van der Waals surface area contributed by atoms with Gasteiger partial charge in [0.2, 0.25) is 5.82 Å². The van der Waals surface area contributed by atoms with Crippen molar-refractivity contribution in [1.29, 1.82) is 0 Å². The fraction of sp³-hybridized carbons (Fsp3) is 0.200. The summed E-state index contributed by atoms with van der Waals surface area (Å²) in [6.45, 7) is 4.28. The molecule has 1 saturated heterocycles. The van der Waals surface area contributed by atoms with Crippen LogP contribution >= 0.6 is 0 Å². The Balaban J connectivity index is 1.56. The highest BCUT2D eigenvalue weighted by Gasteiger charge is 2.22. The van der Waals surface area contributed by atoms with E-state index in [1.807, 2.05) is 6.07 Å². The molecule has 2 atom stereocenters. The van der Waals surface area contributed by atoms with Gasteiger partial charge in [0.1, 0.15) is 5.82 Å². The Morgan fingerprint density at radius 3 is 2.13 bits per heavy atom. The Hall–Kier alpha value is -3.05. The third-order valence-electron chi connectivity index (χ3n) is 5.61. The van der Waals surface area contributed by atoms with E-state index in [0.717, 1.165) is 24.5 Å². The van der Waals surface area contributed by atoms with E-state index in [1.165, 1.54) is 6.07 Å². The zero-order valence-corrected chi connectivity index (χ0v) is 16.2. The molecular formula is C25H21F3O2. The Morgan fingerprint density at radius 1 is 0.867 bits per heavy atom. The molecule has 1 aliphatic rings. The van der Waals surface area contributed by atoms with E-state index in [-0.39, 0.29) is 23.4 Å². The Bertz CT molecular complexity index is 1070. The predicted octanol–water partition coefficient (Wildman–Crippen LogP) is 6.59. The van der Waals surface area contributed by atoms with Crippen molar-refractivity contribution < 1.29 is 23.0 Å². The highest BCUT2D eigenvalue weighted by molar-refractivity contribution is 5.71. The van der Waals surface area contributed by atoms with Crippen LogP contribution in [0.4, 0.5) is 13.2 Å². The summed E-state index contributed by atoms with van der Waals surface area (Å²) in [7, 11) is 0. The fourth-order valence-electron chi connectivity index (χ4n) is 3.83. The molecule has 0 saturated carbocycles. The first-order valence-corrected chi connectivity index (χ1v) is 9.79. The van der Waals surface area contributed by atoms with Gasteiger partial charge in [-0.25, -0.2) is 8.78 Å². The summed E-state index contributed by atoms with van der Waals surface area (Å²) < 4.78 is 48.3. The van der Waals surface area contributed by atoms with Crippen molar-refractivity contribution >= 4 is 0 Å². The second-order valence-electron chi connectivity index (χ2n) is 7.46. The number of hydrogen-bond acceptors (Lipinski definition) is 2. The van der Waals surface area contributed by atoms with Crippen LogP contribution in [0.15, 0.2) is 67.3 Å². The number of halogens is 3. The molecule has 1 N–H and O–H groups in total. The SMILES string of the molecule is C=CC1CCC(c2ccc(-c3ccc(-c4ccc(O)c(F)c4F)cc3)c(F)c2)CO1. The molecule has 3 aromatic carbocycles. The fourth-order valence-corrected chi connectivity index (χ4v) is 3.83. The van der Waals surface area contributed by atoms with Gasteiger partial charge in [-0.15, -0.1) is 6.58 Å². The van der Waals surface area contributed by atoms with Crippen molar-refractivity contribution in [3.63, 3.8) is 0 Å². The molecule has 0 aliphatic carbocycles. The minimum absolute atomic E-state index is 0.0304. The van der Waals surface area contributed by atoms with E-state index >= 15 is 0 Å². The van der Waals surface area contributed by atoms with Crippen LogP contribution in [0.3, 0.4) is 0 Å². The second-order valence-corrected chi connectivity index (χ2v) is 7.46. The lowest BCUT2D eigenvalue weighted by Gasteiger charge is -2.27. The van der Waals surface area contributed by atoms with Crippen molar-refractivity contribution in [3.05, 3.63) is 90.3 Å². The summed E-state index contributed by atoms with van der Waals surface area (Å²) >= 11 is 0. The number of phenolic OH excluding ortho intramolecular Hbond substituents is 1. The summed E-state index contributed by atoms with van der Waals surface area (Å²) in [4.78, 5) is 0. The van der Waals surface area contributed by atoms with E-state index in [9.17, 15) is 18.3 Å². The third-order valence-corrected chi connectivity index (χ3v) is 5.61. The summed E-state index contributed by atoms with van der Waals surface area (Å²) in [5, 5.41) is 9.27. The molecule has 30 heavy (non-hydrogen) atoms. The Labute approximate surface area is 173 Å². The van der Waals surface area contributed by atoms with Crippen LogP contribution in [-0.2, 0) is 4.74 Å². The standard InChI is InChI=1S/C25H21F3O2/c1-2-19-9-7-18(14-30-19)17-8-10-20(22(26)13-17)15-3-5-16(6-4-15)21-11-12-23(29)25(28)24(21)27/h2-6,8,10-13,18-19,29H,1,7,9,14H2. The smallest absolute Gasteiger partial charge is 0.200 e. The predicted molar refractivity (Wildman–Crippen MR) is 111 cm³/mol. The molecule has 1 aliphatic heterocycles. The maximum atomic E-state index is 14.8. The molecule has 154 valence electrons. The van der Waals surface area contributed by atoms with Gasteiger partial charge >= 0.3 is 0 Å². The zero-order chi connectivity index (χ0) is 21.3. The van der Waals surface area contributed by atoms with Gasteiger partial charge in [-0.3, -0.25) is 0 Å². The maximum Gasteiger partial charge on any atom is 0.200 e. The molecule has 0 bridgehead atoms. The summed E-state index contributed by atoms with van der Waals surface area (Å²) in [5.41, 5.74) is 2.43. The lowest BCUT2D eigenvalue weighted by Crippen LogP contribution is -2.23. The molecule has 2 unspecified atom stereocenters. The van der Waals surface area contributed by atoms with Crippen LogP contribution in [0.2, 0.25) is 0 Å². The largest absolute Gasteiger partial charge is 0.505 e. The van der Waals surface area contributed by atoms with Crippen LogP contribution in [0, 0.1) is 17.5 Å². The normalized spacial score (nSPS) is 18.9. The van der Waals surface area contributed by atoms with Gasteiger partial charge in [-0.1, -0.05) is 42.5 Å². The number of rotatable bonds is 4. The zero-order valence-electron chi connectivity index (χ0n) is 16.2. The molecule has 1 fully saturated rings. The molecular weight excluding hydrogens is 389 g/mol. The molecule has 2 nitrogen and oxygen atoms in total. The van der Waals surface area contributed by atoms with E-state index in [2.05, 4.69) is 6.58 Å². The number of ether oxygens (including phenoxy) is 1. The first kappa shape index (κ1) is 20.2. The first-order valence-electron chi connectivity index (χ1n) is 9.79. The molecule has 0 amide bonds. The maximum absolute atomic E-state index is 14.8. The van der Waals surface area contributed by atoms with Gasteiger partial charge in [-0.2, -0.15) is 4.39 Å². The quantitative estimate of drug-likeness (QED) is 0.492. The van der Waals surface area contributed by atoms with Crippen molar-refractivity contribution in [2.24, 2.45) is 0 Å². The topological polar surface area (TPSA) is 29.5 Å². The van der Waals surface area contributed by atoms with Crippen molar-refractivity contribution in [2.45, 2.75) is 24.9 Å². The van der Waals surface area contributed by atoms with E-state index < -0.39 is 17.4 Å². The average Bonchev–Trinajstić information content (AvgIpc) is 2.78. The number of benzene rings is 3. The van der Waals surface area contributed by atoms with Gasteiger partial charge in [0.05, 0.1) is 12.7 Å². The summed E-state index contributed by atoms with van der Waals surface area (Å²) in [6, 6.07) is 14.1. The van der Waals surface area contributed by atoms with E-state index in [4.69, 9.17) is 4.74 Å². The lowest BCUT2D eigenvalue weighted by atomic mass is 9.90. The Morgan fingerprint density at radius 2 is 1.53 bits per heavy atom. The minimum Gasteiger partial charge on any atom is -0.505 e. The number of phenols is 1. The summed E-state index contributed by atoms with van der Waals surface area (Å²) in [6.07, 6.45) is 3.64. The molecule has 4 rings (SSSR count). The highest BCUT2D eigenvalue weighted by Crippen LogP contribution is 2.34. The second kappa shape index (κ2) is 8.36. The summed E-state index contributed by atoms with van der Waals surface area (Å²) in [5.74, 6) is -3.33. The van der Waals surface area contributed by atoms with Crippen LogP contribution < -0.4 is 0 Å². The monoisotopic (exact) mass is 410 g/mol. The van der Waals surface area contributed by atoms with Gasteiger partial charge in [0.15, 0.2) is 11.6 Å². The van der Waals surface area contributed by atoms with Gasteiger partial charge < -0.3 is 9.84 Å². The molecule has 1 heterocycles. The number of aromatic hydroxyl groups is 1. The highest BCUT2D eigenvalue weighted by atomic mass is 19.2. The number of hydrogen-bond donors (Lipinski definition) is 1. The first-order chi connectivity index (χ1) is 14.5. The van der Waals surface area contributed by atoms with E-state index in [1.54, 1.807) is 42.5 Å². The van der Waals surface area contributed by atoms with Gasteiger partial charge in [0, 0.05) is 17.0 Å². The van der Waals surface area contributed by atoms with Gasteiger partial charge in [0.25, 0.3) is 0 Å². The minimum atomic E-state index is -1.29. The lowest BCUT2D eigenvalue weighted by molar-refractivity contribution is 0.0328. The molecule has 0 spiro atoms.